The summed E-state index contributed by atoms with van der Waals surface area (Å²) in [5, 5.41) is 0. The highest BCUT2D eigenvalue weighted by molar-refractivity contribution is 9.10. The Labute approximate surface area is 129 Å². The second kappa shape index (κ2) is 7.01. The predicted molar refractivity (Wildman–Crippen MR) is 85.1 cm³/mol. The van der Waals surface area contributed by atoms with Crippen LogP contribution in [0.4, 0.5) is 4.39 Å². The molecule has 1 heterocycles. The summed E-state index contributed by atoms with van der Waals surface area (Å²) in [4.78, 5) is 2.47. The van der Waals surface area contributed by atoms with Gasteiger partial charge >= 0.3 is 0 Å². The van der Waals surface area contributed by atoms with Gasteiger partial charge < -0.3 is 5.73 Å². The molecule has 112 valence electrons. The maximum atomic E-state index is 13.5. The Morgan fingerprint density at radius 3 is 2.80 bits per heavy atom. The van der Waals surface area contributed by atoms with Crippen molar-refractivity contribution in [2.24, 2.45) is 11.7 Å². The van der Waals surface area contributed by atoms with E-state index in [2.05, 4.69) is 34.7 Å². The van der Waals surface area contributed by atoms with Gasteiger partial charge in [0.05, 0.1) is 4.47 Å². The molecule has 4 heteroatoms. The summed E-state index contributed by atoms with van der Waals surface area (Å²) < 4.78 is 14.0. The molecule has 2 N–H and O–H groups in total. The number of rotatable bonds is 3. The Morgan fingerprint density at radius 2 is 2.15 bits per heavy atom. The van der Waals surface area contributed by atoms with Crippen LogP contribution in [0.5, 0.6) is 0 Å². The van der Waals surface area contributed by atoms with Gasteiger partial charge in [0, 0.05) is 18.6 Å². The lowest BCUT2D eigenvalue weighted by Crippen LogP contribution is -2.41. The summed E-state index contributed by atoms with van der Waals surface area (Å²) in [5.41, 5.74) is 7.53. The topological polar surface area (TPSA) is 29.3 Å². The highest BCUT2D eigenvalue weighted by Gasteiger charge is 2.29. The van der Waals surface area contributed by atoms with Crippen molar-refractivity contribution in [1.82, 2.24) is 4.90 Å². The van der Waals surface area contributed by atoms with Gasteiger partial charge in [-0.3, -0.25) is 4.90 Å². The van der Waals surface area contributed by atoms with Crippen molar-refractivity contribution in [2.75, 3.05) is 13.1 Å². The molecule has 0 radical (unpaired) electrons. The van der Waals surface area contributed by atoms with E-state index in [0.29, 0.717) is 10.4 Å². The van der Waals surface area contributed by atoms with Crippen LogP contribution in [0, 0.1) is 11.7 Å². The number of benzene rings is 1. The van der Waals surface area contributed by atoms with Gasteiger partial charge in [0.25, 0.3) is 0 Å². The first-order valence-electron chi connectivity index (χ1n) is 7.43. The van der Waals surface area contributed by atoms with E-state index in [0.717, 1.165) is 25.1 Å². The molecule has 2 atom stereocenters. The molecule has 0 bridgehead atoms. The lowest BCUT2D eigenvalue weighted by molar-refractivity contribution is 0.165. The van der Waals surface area contributed by atoms with E-state index in [1.165, 1.54) is 18.9 Å². The summed E-state index contributed by atoms with van der Waals surface area (Å²) in [7, 11) is 0. The van der Waals surface area contributed by atoms with Gasteiger partial charge in [0.2, 0.25) is 0 Å². The maximum Gasteiger partial charge on any atom is 0.137 e. The minimum atomic E-state index is -0.216. The molecule has 0 aromatic heterocycles. The summed E-state index contributed by atoms with van der Waals surface area (Å²) in [6.07, 6.45) is 3.40. The fourth-order valence-electron chi connectivity index (χ4n) is 3.09. The Balaban J connectivity index is 2.31. The van der Waals surface area contributed by atoms with Gasteiger partial charge in [-0.05, 0) is 58.9 Å². The lowest BCUT2D eigenvalue weighted by Gasteiger charge is -2.35. The number of halogens is 2. The first kappa shape index (κ1) is 15.9. The summed E-state index contributed by atoms with van der Waals surface area (Å²) in [5.74, 6) is 0.387. The van der Waals surface area contributed by atoms with Crippen molar-refractivity contribution in [1.29, 1.82) is 0 Å². The Kier molecular flexibility index (Phi) is 5.58. The standard InChI is InChI=1S/C16H24BrFN2/c1-11(2)10-20-8-4-3-5-15(19)16(20)12-6-7-14(18)13(17)9-12/h6-7,9,11,15-16H,3-5,8,10,19H2,1-2H3. The van der Waals surface area contributed by atoms with Crippen LogP contribution in [0.3, 0.4) is 0 Å². The van der Waals surface area contributed by atoms with E-state index in [9.17, 15) is 4.39 Å². The monoisotopic (exact) mass is 342 g/mol. The second-order valence-electron chi connectivity index (χ2n) is 6.17. The van der Waals surface area contributed by atoms with E-state index in [1.54, 1.807) is 0 Å². The number of likely N-dealkylation sites (tertiary alicyclic amines) is 1. The average molecular weight is 343 g/mol. The zero-order valence-electron chi connectivity index (χ0n) is 12.3. The van der Waals surface area contributed by atoms with Crippen LogP contribution in [0.15, 0.2) is 22.7 Å². The zero-order chi connectivity index (χ0) is 14.7. The third kappa shape index (κ3) is 3.80. The number of nitrogens with zero attached hydrogens (tertiary/aromatic N) is 1. The van der Waals surface area contributed by atoms with Crippen molar-refractivity contribution in [2.45, 2.75) is 45.2 Å². The molecule has 0 aliphatic carbocycles. The van der Waals surface area contributed by atoms with Crippen LogP contribution in [-0.2, 0) is 0 Å². The molecule has 20 heavy (non-hydrogen) atoms. The molecular formula is C16H24BrFN2. The molecule has 1 fully saturated rings. The van der Waals surface area contributed by atoms with E-state index < -0.39 is 0 Å². The predicted octanol–water partition coefficient (Wildman–Crippen LogP) is 4.10. The Morgan fingerprint density at radius 1 is 1.40 bits per heavy atom. The van der Waals surface area contributed by atoms with Crippen molar-refractivity contribution in [3.05, 3.63) is 34.1 Å². The number of hydrogen-bond acceptors (Lipinski definition) is 2. The Hall–Kier alpha value is -0.450. The largest absolute Gasteiger partial charge is 0.326 e. The summed E-state index contributed by atoms with van der Waals surface area (Å²) in [6.45, 7) is 6.57. The van der Waals surface area contributed by atoms with Crippen LogP contribution >= 0.6 is 15.9 Å². The zero-order valence-corrected chi connectivity index (χ0v) is 13.9. The van der Waals surface area contributed by atoms with Crippen LogP contribution in [0.25, 0.3) is 0 Å². The van der Waals surface area contributed by atoms with Gasteiger partial charge in [0.1, 0.15) is 5.82 Å². The molecule has 0 saturated carbocycles. The normalized spacial score (nSPS) is 24.9. The quantitative estimate of drug-likeness (QED) is 0.895. The van der Waals surface area contributed by atoms with Crippen LogP contribution in [-0.4, -0.2) is 24.0 Å². The number of nitrogens with two attached hydrogens (primary N) is 1. The molecule has 1 aromatic carbocycles. The third-order valence-electron chi connectivity index (χ3n) is 3.92. The molecule has 0 spiro atoms. The Bertz CT molecular complexity index is 450. The minimum Gasteiger partial charge on any atom is -0.326 e. The number of hydrogen-bond donors (Lipinski definition) is 1. The van der Waals surface area contributed by atoms with E-state index in [4.69, 9.17) is 5.73 Å². The highest BCUT2D eigenvalue weighted by atomic mass is 79.9. The molecule has 1 aliphatic rings. The second-order valence-corrected chi connectivity index (χ2v) is 7.02. The smallest absolute Gasteiger partial charge is 0.137 e. The van der Waals surface area contributed by atoms with Crippen molar-refractivity contribution >= 4 is 15.9 Å². The first-order chi connectivity index (χ1) is 9.49. The SMILES string of the molecule is CC(C)CN1CCCCC(N)C1c1ccc(F)c(Br)c1. The summed E-state index contributed by atoms with van der Waals surface area (Å²) in [6, 6.07) is 5.61. The maximum absolute atomic E-state index is 13.5. The fraction of sp³-hybridized carbons (Fsp3) is 0.625. The summed E-state index contributed by atoms with van der Waals surface area (Å²) >= 11 is 3.29. The molecule has 2 unspecified atom stereocenters. The highest BCUT2D eigenvalue weighted by Crippen LogP contribution is 2.32. The third-order valence-corrected chi connectivity index (χ3v) is 4.52. The van der Waals surface area contributed by atoms with E-state index in [1.807, 2.05) is 12.1 Å². The van der Waals surface area contributed by atoms with E-state index >= 15 is 0 Å². The lowest BCUT2D eigenvalue weighted by atomic mass is 9.95. The van der Waals surface area contributed by atoms with Crippen LogP contribution < -0.4 is 5.73 Å². The molecular weight excluding hydrogens is 319 g/mol. The van der Waals surface area contributed by atoms with Gasteiger partial charge in [-0.15, -0.1) is 0 Å². The molecule has 1 saturated heterocycles. The minimum absolute atomic E-state index is 0.119. The van der Waals surface area contributed by atoms with Crippen molar-refractivity contribution < 1.29 is 4.39 Å². The van der Waals surface area contributed by atoms with Gasteiger partial charge in [-0.25, -0.2) is 4.39 Å². The first-order valence-corrected chi connectivity index (χ1v) is 8.23. The van der Waals surface area contributed by atoms with Crippen molar-refractivity contribution in [3.63, 3.8) is 0 Å². The molecule has 1 aromatic rings. The van der Waals surface area contributed by atoms with Gasteiger partial charge in [0.15, 0.2) is 0 Å². The fourth-order valence-corrected chi connectivity index (χ4v) is 3.49. The van der Waals surface area contributed by atoms with Gasteiger partial charge in [-0.1, -0.05) is 26.3 Å². The molecule has 0 amide bonds. The average Bonchev–Trinajstić information content (AvgIpc) is 2.54. The molecule has 1 aliphatic heterocycles. The molecule has 2 rings (SSSR count). The van der Waals surface area contributed by atoms with Crippen LogP contribution in [0.2, 0.25) is 0 Å². The van der Waals surface area contributed by atoms with Crippen molar-refractivity contribution in [3.8, 4) is 0 Å². The molecule has 2 nitrogen and oxygen atoms in total. The van der Waals surface area contributed by atoms with Gasteiger partial charge in [-0.2, -0.15) is 0 Å². The van der Waals surface area contributed by atoms with Crippen LogP contribution in [0.1, 0.15) is 44.7 Å². The van der Waals surface area contributed by atoms with E-state index in [-0.39, 0.29) is 17.9 Å².